The van der Waals surface area contributed by atoms with E-state index in [2.05, 4.69) is 9.88 Å². The molecule has 1 aliphatic heterocycles. The third-order valence-electron chi connectivity index (χ3n) is 2.31. The Kier molecular flexibility index (Phi) is 2.55. The minimum absolute atomic E-state index is 0.0583. The van der Waals surface area contributed by atoms with Gasteiger partial charge in [-0.25, -0.2) is 9.78 Å². The molecule has 2 rings (SSSR count). The van der Waals surface area contributed by atoms with E-state index in [-0.39, 0.29) is 17.5 Å². The fraction of sp³-hybridized carbons (Fsp3) is 0.400. The highest BCUT2D eigenvalue weighted by Crippen LogP contribution is 2.18. The van der Waals surface area contributed by atoms with Crippen LogP contribution in [0.25, 0.3) is 0 Å². The zero-order valence-corrected chi connectivity index (χ0v) is 8.38. The van der Waals surface area contributed by atoms with Gasteiger partial charge in [-0.1, -0.05) is 0 Å². The van der Waals surface area contributed by atoms with E-state index < -0.39 is 5.97 Å². The highest BCUT2D eigenvalue weighted by molar-refractivity contribution is 5.90. The molecule has 0 atom stereocenters. The molecule has 2 heterocycles. The fourth-order valence-electron chi connectivity index (χ4n) is 1.52. The van der Waals surface area contributed by atoms with Crippen LogP contribution in [0.3, 0.4) is 0 Å². The van der Waals surface area contributed by atoms with Gasteiger partial charge in [-0.2, -0.15) is 0 Å². The molecule has 1 aromatic heterocycles. The van der Waals surface area contributed by atoms with Crippen LogP contribution in [0.15, 0.2) is 18.3 Å². The summed E-state index contributed by atoms with van der Waals surface area (Å²) in [6.45, 7) is 1.63. The molecule has 1 N–H and O–H groups in total. The van der Waals surface area contributed by atoms with Gasteiger partial charge in [-0.15, -0.1) is 0 Å². The van der Waals surface area contributed by atoms with Crippen molar-refractivity contribution < 1.29 is 14.6 Å². The predicted octanol–water partition coefficient (Wildman–Crippen LogP) is 0.473. The van der Waals surface area contributed by atoms with Gasteiger partial charge in [0.15, 0.2) is 0 Å². The van der Waals surface area contributed by atoms with E-state index in [1.54, 1.807) is 6.07 Å². The number of pyridine rings is 1. The van der Waals surface area contributed by atoms with E-state index in [1.165, 1.54) is 12.3 Å². The first-order valence-corrected chi connectivity index (χ1v) is 4.70. The Morgan fingerprint density at radius 1 is 1.67 bits per heavy atom. The monoisotopic (exact) mass is 208 g/mol. The van der Waals surface area contributed by atoms with Gasteiger partial charge in [0.1, 0.15) is 11.7 Å². The number of hydrogen-bond donors (Lipinski definition) is 1. The Hall–Kier alpha value is -1.62. The number of carboxylic acid groups (broad SMARTS) is 1. The summed E-state index contributed by atoms with van der Waals surface area (Å²) in [6, 6.07) is 3.08. The first-order chi connectivity index (χ1) is 7.16. The maximum absolute atomic E-state index is 10.8. The number of rotatable bonds is 3. The van der Waals surface area contributed by atoms with E-state index >= 15 is 0 Å². The van der Waals surface area contributed by atoms with E-state index in [4.69, 9.17) is 9.84 Å². The van der Waals surface area contributed by atoms with Crippen molar-refractivity contribution >= 4 is 5.97 Å². The second-order valence-corrected chi connectivity index (χ2v) is 3.62. The van der Waals surface area contributed by atoms with Gasteiger partial charge >= 0.3 is 5.97 Å². The summed E-state index contributed by atoms with van der Waals surface area (Å²) in [5.74, 6) is -0.797. The largest absolute Gasteiger partial charge is 0.477 e. The summed E-state index contributed by atoms with van der Waals surface area (Å²) in [5, 5.41) is 8.89. The summed E-state index contributed by atoms with van der Waals surface area (Å²) in [7, 11) is 1.98. The van der Waals surface area contributed by atoms with Gasteiger partial charge < -0.3 is 9.84 Å². The molecule has 80 valence electrons. The van der Waals surface area contributed by atoms with Crippen molar-refractivity contribution in [3.8, 4) is 5.88 Å². The van der Waals surface area contributed by atoms with Crippen molar-refractivity contribution in [3.05, 3.63) is 23.9 Å². The minimum Gasteiger partial charge on any atom is -0.477 e. The van der Waals surface area contributed by atoms with Crippen LogP contribution >= 0.6 is 0 Å². The molecule has 0 amide bonds. The smallest absolute Gasteiger partial charge is 0.341 e. The van der Waals surface area contributed by atoms with E-state index in [1.807, 2.05) is 7.05 Å². The van der Waals surface area contributed by atoms with Crippen molar-refractivity contribution in [3.63, 3.8) is 0 Å². The molecule has 1 fully saturated rings. The number of ether oxygens (including phenoxy) is 1. The molecule has 1 aliphatic rings. The summed E-state index contributed by atoms with van der Waals surface area (Å²) < 4.78 is 5.48. The molecule has 1 aromatic rings. The molecular formula is C10H12N2O3. The standard InChI is InChI=1S/C10H12N2O3/c1-12-5-7(6-12)15-9-8(10(13)14)3-2-4-11-9/h2-4,7H,5-6H2,1H3,(H,13,14). The van der Waals surface area contributed by atoms with Crippen LogP contribution in [0.4, 0.5) is 0 Å². The number of likely N-dealkylation sites (N-methyl/N-ethyl adjacent to an activating group) is 1. The van der Waals surface area contributed by atoms with E-state index in [0.717, 1.165) is 13.1 Å². The van der Waals surface area contributed by atoms with Gasteiger partial charge in [0.25, 0.3) is 0 Å². The van der Waals surface area contributed by atoms with Crippen LogP contribution in [0.5, 0.6) is 5.88 Å². The molecule has 1 saturated heterocycles. The first-order valence-electron chi connectivity index (χ1n) is 4.70. The number of aromatic carboxylic acids is 1. The molecule has 15 heavy (non-hydrogen) atoms. The zero-order chi connectivity index (χ0) is 10.8. The third-order valence-corrected chi connectivity index (χ3v) is 2.31. The SMILES string of the molecule is CN1CC(Oc2ncccc2C(=O)O)C1. The van der Waals surface area contributed by atoms with Crippen molar-refractivity contribution in [1.29, 1.82) is 0 Å². The molecule has 0 bridgehead atoms. The molecular weight excluding hydrogens is 196 g/mol. The number of nitrogens with zero attached hydrogens (tertiary/aromatic N) is 2. The quantitative estimate of drug-likeness (QED) is 0.782. The average Bonchev–Trinajstić information content (AvgIpc) is 2.16. The van der Waals surface area contributed by atoms with Crippen LogP contribution in [-0.4, -0.2) is 47.2 Å². The number of carbonyl (C=O) groups is 1. The van der Waals surface area contributed by atoms with Crippen LogP contribution < -0.4 is 4.74 Å². The second-order valence-electron chi connectivity index (χ2n) is 3.62. The topological polar surface area (TPSA) is 62.7 Å². The number of aromatic nitrogens is 1. The Bertz CT molecular complexity index is 375. The van der Waals surface area contributed by atoms with Gasteiger partial charge in [0.2, 0.25) is 5.88 Å². The molecule has 0 unspecified atom stereocenters. The zero-order valence-electron chi connectivity index (χ0n) is 8.38. The van der Waals surface area contributed by atoms with E-state index in [0.29, 0.717) is 0 Å². The summed E-state index contributed by atoms with van der Waals surface area (Å²) in [5.41, 5.74) is 0.118. The Morgan fingerprint density at radius 3 is 3.00 bits per heavy atom. The van der Waals surface area contributed by atoms with Gasteiger partial charge in [0, 0.05) is 19.3 Å². The van der Waals surface area contributed by atoms with Crippen LogP contribution in [0, 0.1) is 0 Å². The van der Waals surface area contributed by atoms with Crippen LogP contribution in [0.1, 0.15) is 10.4 Å². The molecule has 0 aliphatic carbocycles. The Balaban J connectivity index is 2.10. The maximum Gasteiger partial charge on any atom is 0.341 e. The lowest BCUT2D eigenvalue weighted by Gasteiger charge is -2.35. The molecule has 0 spiro atoms. The lowest BCUT2D eigenvalue weighted by Crippen LogP contribution is -2.51. The molecule has 5 nitrogen and oxygen atoms in total. The van der Waals surface area contributed by atoms with Crippen LogP contribution in [-0.2, 0) is 0 Å². The average molecular weight is 208 g/mol. The van der Waals surface area contributed by atoms with Crippen LogP contribution in [0.2, 0.25) is 0 Å². The summed E-state index contributed by atoms with van der Waals surface area (Å²) in [4.78, 5) is 16.9. The number of hydrogen-bond acceptors (Lipinski definition) is 4. The molecule has 5 heteroatoms. The predicted molar refractivity (Wildman–Crippen MR) is 53.1 cm³/mol. The van der Waals surface area contributed by atoms with Crippen molar-refractivity contribution in [1.82, 2.24) is 9.88 Å². The maximum atomic E-state index is 10.8. The Morgan fingerprint density at radius 2 is 2.40 bits per heavy atom. The minimum atomic E-state index is -1.01. The fourth-order valence-corrected chi connectivity index (χ4v) is 1.52. The second kappa shape index (κ2) is 3.86. The van der Waals surface area contributed by atoms with Gasteiger partial charge in [-0.3, -0.25) is 4.90 Å². The molecule has 0 saturated carbocycles. The molecule has 0 aromatic carbocycles. The lowest BCUT2D eigenvalue weighted by molar-refractivity contribution is 0.0337. The van der Waals surface area contributed by atoms with Crippen molar-refractivity contribution in [2.24, 2.45) is 0 Å². The highest BCUT2D eigenvalue weighted by Gasteiger charge is 2.26. The van der Waals surface area contributed by atoms with Crippen molar-refractivity contribution in [2.45, 2.75) is 6.10 Å². The van der Waals surface area contributed by atoms with Gasteiger partial charge in [0.05, 0.1) is 0 Å². The first kappa shape index (κ1) is 9.92. The highest BCUT2D eigenvalue weighted by atomic mass is 16.5. The number of carboxylic acids is 1. The normalized spacial score (nSPS) is 17.1. The third kappa shape index (κ3) is 2.07. The lowest BCUT2D eigenvalue weighted by atomic mass is 10.2. The van der Waals surface area contributed by atoms with Gasteiger partial charge in [-0.05, 0) is 19.2 Å². The Labute approximate surface area is 87.3 Å². The molecule has 0 radical (unpaired) electrons. The number of likely N-dealkylation sites (tertiary alicyclic amines) is 1. The van der Waals surface area contributed by atoms with Crippen molar-refractivity contribution in [2.75, 3.05) is 20.1 Å². The summed E-state index contributed by atoms with van der Waals surface area (Å²) >= 11 is 0. The summed E-state index contributed by atoms with van der Waals surface area (Å²) in [6.07, 6.45) is 1.59. The van der Waals surface area contributed by atoms with E-state index in [9.17, 15) is 4.79 Å².